The van der Waals surface area contributed by atoms with Crippen LogP contribution < -0.4 is 15.7 Å². The fourth-order valence-electron chi connectivity index (χ4n) is 5.29. The Morgan fingerprint density at radius 1 is 0.975 bits per heavy atom. The molecule has 202 valence electrons. The van der Waals surface area contributed by atoms with E-state index in [1.807, 2.05) is 61.5 Å². The van der Waals surface area contributed by atoms with Gasteiger partial charge >= 0.3 is 5.69 Å². The number of ether oxygens (including phenoxy) is 1. The highest BCUT2D eigenvalue weighted by molar-refractivity contribution is 5.99. The Bertz CT molecular complexity index is 1780. The Kier molecular flexibility index (Phi) is 6.47. The lowest BCUT2D eigenvalue weighted by Gasteiger charge is -2.28. The van der Waals surface area contributed by atoms with E-state index in [0.29, 0.717) is 35.9 Å². The summed E-state index contributed by atoms with van der Waals surface area (Å²) in [5, 5.41) is 3.96. The van der Waals surface area contributed by atoms with E-state index in [1.165, 1.54) is 4.57 Å². The number of carbonyl (C=O) groups excluding carboxylic acids is 2. The SMILES string of the molecule is COc1ccc(-n2c(C(=O)NCc3ccccc3)c3n(c2=O)CCN(C(=O)c2cc4c(C)cccc4[nH]2)C3)cc1. The van der Waals surface area contributed by atoms with Gasteiger partial charge in [-0.3, -0.25) is 18.7 Å². The normalized spacial score (nSPS) is 12.8. The summed E-state index contributed by atoms with van der Waals surface area (Å²) in [7, 11) is 1.57. The topological polar surface area (TPSA) is 101 Å². The standard InChI is InChI=1S/C31H29N5O4/c1-20-7-6-10-25-24(20)17-26(33-25)30(38)34-15-16-35-27(19-34)28(29(37)32-18-21-8-4-3-5-9-21)36(31(35)39)22-11-13-23(40-2)14-12-22/h3-14,17,33H,15-16,18-19H2,1-2H3,(H,32,37). The summed E-state index contributed by atoms with van der Waals surface area (Å²) in [5.41, 5.74) is 4.32. The maximum absolute atomic E-state index is 13.7. The van der Waals surface area contributed by atoms with Crippen molar-refractivity contribution in [1.82, 2.24) is 24.3 Å². The summed E-state index contributed by atoms with van der Waals surface area (Å²) in [6, 6.07) is 24.3. The molecule has 0 bridgehead atoms. The second kappa shape index (κ2) is 10.3. The van der Waals surface area contributed by atoms with Gasteiger partial charge in [0.1, 0.15) is 17.1 Å². The van der Waals surface area contributed by atoms with E-state index in [9.17, 15) is 14.4 Å². The minimum Gasteiger partial charge on any atom is -0.497 e. The summed E-state index contributed by atoms with van der Waals surface area (Å²) in [5.74, 6) is 0.0735. The molecule has 6 rings (SSSR count). The molecule has 3 aromatic carbocycles. The number of amides is 2. The van der Waals surface area contributed by atoms with Gasteiger partial charge in [-0.2, -0.15) is 0 Å². The van der Waals surface area contributed by atoms with Crippen LogP contribution in [0.3, 0.4) is 0 Å². The first-order chi connectivity index (χ1) is 19.4. The minimum atomic E-state index is -0.388. The highest BCUT2D eigenvalue weighted by Crippen LogP contribution is 2.25. The zero-order valence-corrected chi connectivity index (χ0v) is 22.3. The van der Waals surface area contributed by atoms with Crippen molar-refractivity contribution in [1.29, 1.82) is 0 Å². The Morgan fingerprint density at radius 3 is 2.48 bits per heavy atom. The number of nitrogens with zero attached hydrogens (tertiary/aromatic N) is 3. The third-order valence-electron chi connectivity index (χ3n) is 7.42. The third-order valence-corrected chi connectivity index (χ3v) is 7.42. The minimum absolute atomic E-state index is 0.125. The summed E-state index contributed by atoms with van der Waals surface area (Å²) < 4.78 is 8.30. The number of aryl methyl sites for hydroxylation is 1. The van der Waals surface area contributed by atoms with Crippen molar-refractivity contribution in [2.75, 3.05) is 13.7 Å². The number of aromatic nitrogens is 3. The Hall–Kier alpha value is -5.05. The quantitative estimate of drug-likeness (QED) is 0.343. The van der Waals surface area contributed by atoms with Crippen molar-refractivity contribution in [2.24, 2.45) is 0 Å². The molecule has 5 aromatic rings. The fourth-order valence-corrected chi connectivity index (χ4v) is 5.29. The number of aromatic amines is 1. The molecule has 0 fully saturated rings. The molecule has 0 unspecified atom stereocenters. The van der Waals surface area contributed by atoms with Crippen LogP contribution >= 0.6 is 0 Å². The molecule has 9 nitrogen and oxygen atoms in total. The average molecular weight is 536 g/mol. The summed E-state index contributed by atoms with van der Waals surface area (Å²) in [6.45, 7) is 3.06. The molecule has 1 aliphatic heterocycles. The van der Waals surface area contributed by atoms with E-state index < -0.39 is 0 Å². The molecule has 0 atom stereocenters. The number of fused-ring (bicyclic) bond motifs is 2. The summed E-state index contributed by atoms with van der Waals surface area (Å²) in [4.78, 5) is 45.9. The molecule has 0 saturated carbocycles. The van der Waals surface area contributed by atoms with E-state index in [2.05, 4.69) is 10.3 Å². The van der Waals surface area contributed by atoms with E-state index in [1.54, 1.807) is 40.8 Å². The van der Waals surface area contributed by atoms with Crippen LogP contribution in [0, 0.1) is 6.92 Å². The largest absolute Gasteiger partial charge is 0.497 e. The lowest BCUT2D eigenvalue weighted by molar-refractivity contribution is 0.0701. The number of carbonyl (C=O) groups is 2. The molecule has 0 saturated heterocycles. The van der Waals surface area contributed by atoms with Gasteiger partial charge in [0.15, 0.2) is 0 Å². The van der Waals surface area contributed by atoms with Gasteiger partial charge in [-0.05, 0) is 54.4 Å². The second-order valence-corrected chi connectivity index (χ2v) is 9.88. The molecular weight excluding hydrogens is 506 g/mol. The molecule has 0 spiro atoms. The molecular formula is C31H29N5O4. The maximum atomic E-state index is 13.7. The molecule has 2 aromatic heterocycles. The van der Waals surface area contributed by atoms with Crippen molar-refractivity contribution < 1.29 is 14.3 Å². The van der Waals surface area contributed by atoms with Crippen LogP contribution in [0.1, 0.15) is 37.8 Å². The fraction of sp³-hybridized carbons (Fsp3) is 0.194. The lowest BCUT2D eigenvalue weighted by atomic mass is 10.1. The van der Waals surface area contributed by atoms with Gasteiger partial charge < -0.3 is 19.9 Å². The van der Waals surface area contributed by atoms with Gasteiger partial charge in [-0.1, -0.05) is 42.5 Å². The number of methoxy groups -OCH3 is 1. The summed E-state index contributed by atoms with van der Waals surface area (Å²) >= 11 is 0. The van der Waals surface area contributed by atoms with Crippen LogP contribution in [0.25, 0.3) is 16.6 Å². The zero-order valence-electron chi connectivity index (χ0n) is 22.3. The van der Waals surface area contributed by atoms with Crippen LogP contribution in [0.15, 0.2) is 83.7 Å². The van der Waals surface area contributed by atoms with Crippen molar-refractivity contribution in [3.63, 3.8) is 0 Å². The second-order valence-electron chi connectivity index (χ2n) is 9.88. The van der Waals surface area contributed by atoms with E-state index >= 15 is 0 Å². The van der Waals surface area contributed by atoms with E-state index in [4.69, 9.17) is 4.74 Å². The first-order valence-corrected chi connectivity index (χ1v) is 13.1. The zero-order chi connectivity index (χ0) is 27.8. The van der Waals surface area contributed by atoms with Crippen molar-refractivity contribution >= 4 is 22.7 Å². The molecule has 2 N–H and O–H groups in total. The highest BCUT2D eigenvalue weighted by atomic mass is 16.5. The van der Waals surface area contributed by atoms with Crippen molar-refractivity contribution in [2.45, 2.75) is 26.6 Å². The smallest absolute Gasteiger partial charge is 0.333 e. The van der Waals surface area contributed by atoms with E-state index in [-0.39, 0.29) is 36.3 Å². The van der Waals surface area contributed by atoms with Crippen LogP contribution in [0.4, 0.5) is 0 Å². The van der Waals surface area contributed by atoms with Crippen LogP contribution in [-0.2, 0) is 19.6 Å². The van der Waals surface area contributed by atoms with Crippen LogP contribution in [0.2, 0.25) is 0 Å². The molecule has 40 heavy (non-hydrogen) atoms. The summed E-state index contributed by atoms with van der Waals surface area (Å²) in [6.07, 6.45) is 0. The highest BCUT2D eigenvalue weighted by Gasteiger charge is 2.32. The number of H-pyrrole nitrogens is 1. The molecule has 1 aliphatic rings. The Morgan fingerprint density at radius 2 is 1.75 bits per heavy atom. The van der Waals surface area contributed by atoms with Crippen molar-refractivity contribution in [3.05, 3.63) is 118 Å². The monoisotopic (exact) mass is 535 g/mol. The Labute approximate surface area is 230 Å². The van der Waals surface area contributed by atoms with Crippen LogP contribution in [-0.4, -0.2) is 44.5 Å². The molecule has 9 heteroatoms. The maximum Gasteiger partial charge on any atom is 0.333 e. The van der Waals surface area contributed by atoms with Gasteiger partial charge in [-0.15, -0.1) is 0 Å². The van der Waals surface area contributed by atoms with Crippen LogP contribution in [0.5, 0.6) is 5.75 Å². The van der Waals surface area contributed by atoms with Gasteiger partial charge in [-0.25, -0.2) is 4.79 Å². The predicted molar refractivity (Wildman–Crippen MR) is 152 cm³/mol. The number of nitrogens with one attached hydrogen (secondary N) is 2. The average Bonchev–Trinajstić information content (AvgIpc) is 3.56. The van der Waals surface area contributed by atoms with Gasteiger partial charge in [0.2, 0.25) is 0 Å². The van der Waals surface area contributed by atoms with Gasteiger partial charge in [0.05, 0.1) is 25.0 Å². The van der Waals surface area contributed by atoms with E-state index in [0.717, 1.165) is 22.0 Å². The number of hydrogen-bond donors (Lipinski definition) is 2. The first kappa shape index (κ1) is 25.2. The molecule has 2 amide bonds. The third kappa shape index (κ3) is 4.45. The molecule has 0 radical (unpaired) electrons. The number of rotatable bonds is 6. The lowest BCUT2D eigenvalue weighted by Crippen LogP contribution is -2.41. The predicted octanol–water partition coefficient (Wildman–Crippen LogP) is 4.02. The molecule has 0 aliphatic carbocycles. The van der Waals surface area contributed by atoms with Crippen molar-refractivity contribution in [3.8, 4) is 11.4 Å². The number of benzene rings is 3. The van der Waals surface area contributed by atoms with Gasteiger partial charge in [0, 0.05) is 30.5 Å². The number of imidazole rings is 1. The number of hydrogen-bond acceptors (Lipinski definition) is 4. The Balaban J connectivity index is 1.38. The molecule has 3 heterocycles. The first-order valence-electron chi connectivity index (χ1n) is 13.1. The van der Waals surface area contributed by atoms with Gasteiger partial charge in [0.25, 0.3) is 11.8 Å².